The second-order valence-corrected chi connectivity index (χ2v) is 7.10. The highest BCUT2D eigenvalue weighted by atomic mass is 32.2. The van der Waals surface area contributed by atoms with Crippen LogP contribution < -0.4 is 10.3 Å². The van der Waals surface area contributed by atoms with Crippen molar-refractivity contribution in [2.24, 2.45) is 0 Å². The number of nitro groups is 1. The van der Waals surface area contributed by atoms with Crippen molar-refractivity contribution < 1.29 is 18.1 Å². The van der Waals surface area contributed by atoms with Gasteiger partial charge in [0.25, 0.3) is 21.6 Å². The highest BCUT2D eigenvalue weighted by Gasteiger charge is 2.21. The molecule has 10 nitrogen and oxygen atoms in total. The molecule has 1 aromatic carbocycles. The van der Waals surface area contributed by atoms with Crippen LogP contribution in [0, 0.1) is 30.9 Å². The van der Waals surface area contributed by atoms with Gasteiger partial charge in [0, 0.05) is 17.8 Å². The number of carbonyl (C=O) groups is 1. The van der Waals surface area contributed by atoms with Gasteiger partial charge in [0.15, 0.2) is 0 Å². The summed E-state index contributed by atoms with van der Waals surface area (Å²) in [5.74, 6) is -0.627. The first-order valence-corrected chi connectivity index (χ1v) is 8.65. The summed E-state index contributed by atoms with van der Waals surface area (Å²) in [6.45, 7) is 4.87. The lowest BCUT2D eigenvalue weighted by molar-refractivity contribution is -0.385. The third kappa shape index (κ3) is 4.39. The summed E-state index contributed by atoms with van der Waals surface area (Å²) in [4.78, 5) is 23.7. The highest BCUT2D eigenvalue weighted by Crippen LogP contribution is 2.21. The Bertz CT molecular complexity index is 935. The largest absolute Gasteiger partial charge is 0.276 e. The predicted octanol–water partition coefficient (Wildman–Crippen LogP) is 0.726. The molecule has 25 heavy (non-hydrogen) atoms. The molecule has 0 aliphatic carbocycles. The SMILES string of the molecule is Cc1cc(C)n(CC(=O)NNS(=O)(=O)c2cc([N+](=O)[O-])ccc2C)n1. The van der Waals surface area contributed by atoms with Crippen molar-refractivity contribution in [3.8, 4) is 0 Å². The fourth-order valence-electron chi connectivity index (χ4n) is 2.18. The third-order valence-corrected chi connectivity index (χ3v) is 4.78. The summed E-state index contributed by atoms with van der Waals surface area (Å²) >= 11 is 0. The number of hydrazine groups is 1. The standard InChI is InChI=1S/C14H17N5O5S/c1-9-4-5-12(19(21)22)7-13(9)25(23,24)17-15-14(20)8-18-11(3)6-10(2)16-18/h4-7,17H,8H2,1-3H3,(H,15,20). The van der Waals surface area contributed by atoms with Crippen molar-refractivity contribution in [2.75, 3.05) is 0 Å². The minimum atomic E-state index is -4.16. The van der Waals surface area contributed by atoms with Gasteiger partial charge in [-0.05, 0) is 32.4 Å². The molecule has 1 amide bonds. The van der Waals surface area contributed by atoms with E-state index in [1.807, 2.05) is 4.83 Å². The highest BCUT2D eigenvalue weighted by molar-refractivity contribution is 7.89. The number of amides is 1. The zero-order valence-electron chi connectivity index (χ0n) is 13.8. The second kappa shape index (κ2) is 6.99. The topological polar surface area (TPSA) is 136 Å². The summed E-state index contributed by atoms with van der Waals surface area (Å²) in [6.07, 6.45) is 0. The molecule has 2 aromatic rings. The normalized spacial score (nSPS) is 11.3. The molecule has 0 spiro atoms. The van der Waals surface area contributed by atoms with Gasteiger partial charge in [-0.2, -0.15) is 5.10 Å². The van der Waals surface area contributed by atoms with Crippen LogP contribution in [0.4, 0.5) is 5.69 Å². The van der Waals surface area contributed by atoms with E-state index in [9.17, 15) is 23.3 Å². The van der Waals surface area contributed by atoms with Gasteiger partial charge in [0.1, 0.15) is 6.54 Å². The van der Waals surface area contributed by atoms with Crippen molar-refractivity contribution in [3.05, 3.63) is 51.3 Å². The molecule has 0 fully saturated rings. The Balaban J connectivity index is 2.11. The van der Waals surface area contributed by atoms with Crippen LogP contribution in [0.15, 0.2) is 29.2 Å². The van der Waals surface area contributed by atoms with E-state index in [-0.39, 0.29) is 17.1 Å². The molecule has 11 heteroatoms. The zero-order valence-corrected chi connectivity index (χ0v) is 14.6. The predicted molar refractivity (Wildman–Crippen MR) is 88.0 cm³/mol. The number of hydrogen-bond donors (Lipinski definition) is 2. The Morgan fingerprint density at radius 2 is 1.96 bits per heavy atom. The van der Waals surface area contributed by atoms with Gasteiger partial charge in [-0.1, -0.05) is 6.07 Å². The Morgan fingerprint density at radius 3 is 2.52 bits per heavy atom. The van der Waals surface area contributed by atoms with Crippen LogP contribution in [0.2, 0.25) is 0 Å². The van der Waals surface area contributed by atoms with E-state index in [1.54, 1.807) is 19.9 Å². The molecule has 0 bridgehead atoms. The Labute approximate surface area is 144 Å². The summed E-state index contributed by atoms with van der Waals surface area (Å²) < 4.78 is 26.0. The van der Waals surface area contributed by atoms with Gasteiger partial charge in [0.2, 0.25) is 0 Å². The molecular formula is C14H17N5O5S. The Morgan fingerprint density at radius 1 is 1.28 bits per heavy atom. The number of non-ortho nitro benzene ring substituents is 1. The first kappa shape index (κ1) is 18.5. The molecule has 0 atom stereocenters. The zero-order chi connectivity index (χ0) is 18.8. The second-order valence-electron chi connectivity index (χ2n) is 5.45. The van der Waals surface area contributed by atoms with Gasteiger partial charge in [-0.25, -0.2) is 8.42 Å². The molecular weight excluding hydrogens is 350 g/mol. The molecule has 0 radical (unpaired) electrons. The number of rotatable bonds is 6. The van der Waals surface area contributed by atoms with Crippen molar-refractivity contribution in [1.82, 2.24) is 20.0 Å². The van der Waals surface area contributed by atoms with E-state index in [4.69, 9.17) is 0 Å². The minimum Gasteiger partial charge on any atom is -0.276 e. The maximum atomic E-state index is 12.3. The molecule has 134 valence electrons. The van der Waals surface area contributed by atoms with Gasteiger partial charge < -0.3 is 0 Å². The number of nitro benzene ring substituents is 1. The Kier molecular flexibility index (Phi) is 5.18. The van der Waals surface area contributed by atoms with E-state index in [2.05, 4.69) is 10.5 Å². The van der Waals surface area contributed by atoms with E-state index in [1.165, 1.54) is 23.7 Å². The van der Waals surface area contributed by atoms with Gasteiger partial charge in [-0.15, -0.1) is 4.83 Å². The summed E-state index contributed by atoms with van der Waals surface area (Å²) in [7, 11) is -4.16. The maximum Gasteiger partial charge on any atom is 0.270 e. The number of nitrogens with zero attached hydrogens (tertiary/aromatic N) is 3. The van der Waals surface area contributed by atoms with Crippen LogP contribution in [0.25, 0.3) is 0 Å². The van der Waals surface area contributed by atoms with Gasteiger partial charge in [0.05, 0.1) is 15.5 Å². The van der Waals surface area contributed by atoms with Crippen LogP contribution >= 0.6 is 0 Å². The molecule has 0 aliphatic heterocycles. The van der Waals surface area contributed by atoms with Crippen molar-refractivity contribution in [1.29, 1.82) is 0 Å². The van der Waals surface area contributed by atoms with Crippen molar-refractivity contribution in [2.45, 2.75) is 32.2 Å². The minimum absolute atomic E-state index is 0.171. The van der Waals surface area contributed by atoms with Gasteiger partial charge in [-0.3, -0.25) is 25.0 Å². The quantitative estimate of drug-likeness (QED) is 0.570. The first-order valence-electron chi connectivity index (χ1n) is 7.17. The van der Waals surface area contributed by atoms with E-state index < -0.39 is 20.9 Å². The third-order valence-electron chi connectivity index (χ3n) is 3.39. The lowest BCUT2D eigenvalue weighted by atomic mass is 10.2. The number of aromatic nitrogens is 2. The summed E-state index contributed by atoms with van der Waals surface area (Å²) in [5.41, 5.74) is 3.51. The Hall–Kier alpha value is -2.79. The lowest BCUT2D eigenvalue weighted by Gasteiger charge is -2.11. The first-order chi connectivity index (χ1) is 11.6. The van der Waals surface area contributed by atoms with Crippen LogP contribution in [0.1, 0.15) is 17.0 Å². The van der Waals surface area contributed by atoms with Crippen LogP contribution in [0.5, 0.6) is 0 Å². The van der Waals surface area contributed by atoms with E-state index >= 15 is 0 Å². The number of sulfonamides is 1. The van der Waals surface area contributed by atoms with E-state index in [0.29, 0.717) is 5.56 Å². The number of hydrogen-bond acceptors (Lipinski definition) is 6. The van der Waals surface area contributed by atoms with Crippen LogP contribution in [0.3, 0.4) is 0 Å². The fourth-order valence-corrected chi connectivity index (χ4v) is 3.31. The van der Waals surface area contributed by atoms with Crippen LogP contribution in [-0.4, -0.2) is 29.0 Å². The number of benzene rings is 1. The molecule has 1 heterocycles. The number of nitrogens with one attached hydrogen (secondary N) is 2. The van der Waals surface area contributed by atoms with Crippen molar-refractivity contribution >= 4 is 21.6 Å². The molecule has 0 aliphatic rings. The lowest BCUT2D eigenvalue weighted by Crippen LogP contribution is -2.43. The smallest absolute Gasteiger partial charge is 0.270 e. The maximum absolute atomic E-state index is 12.3. The molecule has 0 unspecified atom stereocenters. The van der Waals surface area contributed by atoms with Crippen molar-refractivity contribution in [3.63, 3.8) is 0 Å². The molecule has 1 aromatic heterocycles. The average Bonchev–Trinajstić information content (AvgIpc) is 2.83. The summed E-state index contributed by atoms with van der Waals surface area (Å²) in [6, 6.07) is 5.24. The monoisotopic (exact) mass is 367 g/mol. The molecule has 0 saturated carbocycles. The molecule has 2 N–H and O–H groups in total. The average molecular weight is 367 g/mol. The summed E-state index contributed by atoms with van der Waals surface area (Å²) in [5, 5.41) is 14.9. The molecule has 2 rings (SSSR count). The van der Waals surface area contributed by atoms with Gasteiger partial charge >= 0.3 is 0 Å². The molecule has 0 saturated heterocycles. The number of aryl methyl sites for hydroxylation is 3. The van der Waals surface area contributed by atoms with Crippen LogP contribution in [-0.2, 0) is 21.4 Å². The fraction of sp³-hybridized carbons (Fsp3) is 0.286. The van der Waals surface area contributed by atoms with E-state index in [0.717, 1.165) is 17.5 Å². The number of carbonyl (C=O) groups excluding carboxylic acids is 1.